The second kappa shape index (κ2) is 7.91. The maximum absolute atomic E-state index is 12.1. The predicted octanol–water partition coefficient (Wildman–Crippen LogP) is 3.55. The standard InChI is InChI=1S/C20H23N5O/c1-14-15(2)24-25(16(14)3)20-21-12-18(13-22-20)23-19(26)11-7-10-17-8-5-4-6-9-17/h4-6,8-9,12-13H,7,10-11H2,1-3H3,(H,23,26). The van der Waals surface area contributed by atoms with Gasteiger partial charge in [0.1, 0.15) is 0 Å². The summed E-state index contributed by atoms with van der Waals surface area (Å²) in [4.78, 5) is 20.7. The number of aromatic nitrogens is 4. The van der Waals surface area contributed by atoms with Crippen molar-refractivity contribution in [2.24, 2.45) is 0 Å². The van der Waals surface area contributed by atoms with E-state index in [0.717, 1.165) is 29.8 Å². The van der Waals surface area contributed by atoms with Crippen LogP contribution in [-0.2, 0) is 11.2 Å². The summed E-state index contributed by atoms with van der Waals surface area (Å²) in [6, 6.07) is 10.2. The molecule has 3 aromatic rings. The number of anilines is 1. The fourth-order valence-corrected chi connectivity index (χ4v) is 2.73. The molecular weight excluding hydrogens is 326 g/mol. The quantitative estimate of drug-likeness (QED) is 0.739. The highest BCUT2D eigenvalue weighted by Gasteiger charge is 2.11. The van der Waals surface area contributed by atoms with Crippen LogP contribution in [0.4, 0.5) is 5.69 Å². The Labute approximate surface area is 153 Å². The Morgan fingerprint density at radius 3 is 2.38 bits per heavy atom. The summed E-state index contributed by atoms with van der Waals surface area (Å²) in [5, 5.41) is 7.29. The van der Waals surface area contributed by atoms with E-state index in [9.17, 15) is 4.79 Å². The van der Waals surface area contributed by atoms with Crippen molar-refractivity contribution < 1.29 is 4.79 Å². The van der Waals surface area contributed by atoms with E-state index >= 15 is 0 Å². The Hall–Kier alpha value is -3.02. The van der Waals surface area contributed by atoms with Crippen LogP contribution in [0.1, 0.15) is 35.4 Å². The summed E-state index contributed by atoms with van der Waals surface area (Å²) in [5.41, 5.74) is 4.94. The van der Waals surface area contributed by atoms with E-state index < -0.39 is 0 Å². The lowest BCUT2D eigenvalue weighted by atomic mass is 10.1. The first-order valence-corrected chi connectivity index (χ1v) is 8.73. The lowest BCUT2D eigenvalue weighted by Crippen LogP contribution is -2.13. The molecule has 6 nitrogen and oxygen atoms in total. The summed E-state index contributed by atoms with van der Waals surface area (Å²) in [6.45, 7) is 5.97. The SMILES string of the molecule is Cc1nn(-c2ncc(NC(=O)CCCc3ccccc3)cn2)c(C)c1C. The van der Waals surface area contributed by atoms with Crippen LogP contribution in [0.2, 0.25) is 0 Å². The number of rotatable bonds is 6. The van der Waals surface area contributed by atoms with Gasteiger partial charge in [-0.1, -0.05) is 30.3 Å². The molecule has 3 rings (SSSR count). The molecule has 2 heterocycles. The summed E-state index contributed by atoms with van der Waals surface area (Å²) in [5.74, 6) is 0.472. The molecule has 0 aliphatic heterocycles. The summed E-state index contributed by atoms with van der Waals surface area (Å²) >= 11 is 0. The Morgan fingerprint density at radius 1 is 1.08 bits per heavy atom. The van der Waals surface area contributed by atoms with E-state index in [1.54, 1.807) is 17.1 Å². The lowest BCUT2D eigenvalue weighted by molar-refractivity contribution is -0.116. The first kappa shape index (κ1) is 17.8. The molecule has 0 aliphatic carbocycles. The molecule has 0 saturated carbocycles. The van der Waals surface area contributed by atoms with Crippen LogP contribution in [0.5, 0.6) is 0 Å². The predicted molar refractivity (Wildman–Crippen MR) is 101 cm³/mol. The van der Waals surface area contributed by atoms with Gasteiger partial charge in [0.15, 0.2) is 0 Å². The molecule has 1 aromatic carbocycles. The van der Waals surface area contributed by atoms with Crippen molar-refractivity contribution in [3.05, 3.63) is 65.2 Å². The average Bonchev–Trinajstić information content (AvgIpc) is 2.91. The number of nitrogens with one attached hydrogen (secondary N) is 1. The molecule has 0 radical (unpaired) electrons. The monoisotopic (exact) mass is 349 g/mol. The molecule has 1 amide bonds. The van der Waals surface area contributed by atoms with Crippen LogP contribution in [-0.4, -0.2) is 25.7 Å². The normalized spacial score (nSPS) is 10.7. The van der Waals surface area contributed by atoms with Gasteiger partial charge < -0.3 is 5.32 Å². The van der Waals surface area contributed by atoms with Gasteiger partial charge in [0.2, 0.25) is 5.91 Å². The number of carbonyl (C=O) groups excluding carboxylic acids is 1. The topological polar surface area (TPSA) is 72.7 Å². The minimum atomic E-state index is -0.0285. The van der Waals surface area contributed by atoms with Gasteiger partial charge in [-0.15, -0.1) is 0 Å². The van der Waals surface area contributed by atoms with Crippen LogP contribution >= 0.6 is 0 Å². The van der Waals surface area contributed by atoms with Crippen molar-refractivity contribution in [1.82, 2.24) is 19.7 Å². The second-order valence-electron chi connectivity index (χ2n) is 6.37. The van der Waals surface area contributed by atoms with E-state index in [2.05, 4.69) is 32.5 Å². The van der Waals surface area contributed by atoms with Crippen LogP contribution in [0.15, 0.2) is 42.7 Å². The van der Waals surface area contributed by atoms with Crippen molar-refractivity contribution in [3.8, 4) is 5.95 Å². The Morgan fingerprint density at radius 2 is 1.77 bits per heavy atom. The maximum atomic E-state index is 12.1. The number of carbonyl (C=O) groups is 1. The zero-order chi connectivity index (χ0) is 18.5. The van der Waals surface area contributed by atoms with Crippen molar-refractivity contribution >= 4 is 11.6 Å². The summed E-state index contributed by atoms with van der Waals surface area (Å²) < 4.78 is 1.72. The average molecular weight is 349 g/mol. The first-order valence-electron chi connectivity index (χ1n) is 8.73. The van der Waals surface area contributed by atoms with Crippen LogP contribution < -0.4 is 5.32 Å². The highest BCUT2D eigenvalue weighted by molar-refractivity contribution is 5.90. The third-order valence-electron chi connectivity index (χ3n) is 4.48. The molecule has 0 unspecified atom stereocenters. The number of hydrogen-bond donors (Lipinski definition) is 1. The lowest BCUT2D eigenvalue weighted by Gasteiger charge is -2.06. The third-order valence-corrected chi connectivity index (χ3v) is 4.48. The number of hydrogen-bond acceptors (Lipinski definition) is 4. The van der Waals surface area contributed by atoms with Crippen LogP contribution in [0, 0.1) is 20.8 Å². The zero-order valence-corrected chi connectivity index (χ0v) is 15.4. The minimum absolute atomic E-state index is 0.0285. The van der Waals surface area contributed by atoms with Gasteiger partial charge in [-0.25, -0.2) is 14.6 Å². The number of amides is 1. The fourth-order valence-electron chi connectivity index (χ4n) is 2.73. The maximum Gasteiger partial charge on any atom is 0.250 e. The molecule has 26 heavy (non-hydrogen) atoms. The number of aryl methyl sites for hydroxylation is 2. The van der Waals surface area contributed by atoms with E-state index in [1.807, 2.05) is 39.0 Å². The van der Waals surface area contributed by atoms with Gasteiger partial charge >= 0.3 is 0 Å². The number of nitrogens with zero attached hydrogens (tertiary/aromatic N) is 4. The molecule has 0 fully saturated rings. The Bertz CT molecular complexity index is 885. The molecule has 134 valence electrons. The van der Waals surface area contributed by atoms with Gasteiger partial charge in [-0.3, -0.25) is 4.79 Å². The third kappa shape index (κ3) is 4.14. The summed E-state index contributed by atoms with van der Waals surface area (Å²) in [6.07, 6.45) is 5.39. The molecule has 2 aromatic heterocycles. The van der Waals surface area contributed by atoms with Crippen molar-refractivity contribution in [3.63, 3.8) is 0 Å². The largest absolute Gasteiger partial charge is 0.323 e. The molecule has 0 saturated heterocycles. The first-order chi connectivity index (χ1) is 12.5. The van der Waals surface area contributed by atoms with Crippen LogP contribution in [0.25, 0.3) is 5.95 Å². The molecule has 6 heteroatoms. The van der Waals surface area contributed by atoms with E-state index in [0.29, 0.717) is 18.1 Å². The van der Waals surface area contributed by atoms with Gasteiger partial charge in [0.05, 0.1) is 23.8 Å². The Balaban J connectivity index is 1.55. The van der Waals surface area contributed by atoms with Gasteiger partial charge in [0, 0.05) is 12.1 Å². The molecule has 0 atom stereocenters. The minimum Gasteiger partial charge on any atom is -0.323 e. The molecular formula is C20H23N5O. The molecule has 1 N–H and O–H groups in total. The van der Waals surface area contributed by atoms with E-state index in [1.165, 1.54) is 5.56 Å². The fraction of sp³-hybridized carbons (Fsp3) is 0.300. The highest BCUT2D eigenvalue weighted by atomic mass is 16.1. The molecule has 0 spiro atoms. The van der Waals surface area contributed by atoms with Crippen LogP contribution in [0.3, 0.4) is 0 Å². The van der Waals surface area contributed by atoms with Crippen molar-refractivity contribution in [2.45, 2.75) is 40.0 Å². The number of benzene rings is 1. The molecule has 0 aliphatic rings. The van der Waals surface area contributed by atoms with Gasteiger partial charge in [-0.05, 0) is 44.7 Å². The summed E-state index contributed by atoms with van der Waals surface area (Å²) in [7, 11) is 0. The van der Waals surface area contributed by atoms with Gasteiger partial charge in [0.25, 0.3) is 5.95 Å². The highest BCUT2D eigenvalue weighted by Crippen LogP contribution is 2.15. The van der Waals surface area contributed by atoms with E-state index in [4.69, 9.17) is 0 Å². The zero-order valence-electron chi connectivity index (χ0n) is 15.4. The second-order valence-corrected chi connectivity index (χ2v) is 6.37. The smallest absolute Gasteiger partial charge is 0.250 e. The van der Waals surface area contributed by atoms with E-state index in [-0.39, 0.29) is 5.91 Å². The Kier molecular flexibility index (Phi) is 5.41. The van der Waals surface area contributed by atoms with Crippen molar-refractivity contribution in [1.29, 1.82) is 0 Å². The van der Waals surface area contributed by atoms with Crippen molar-refractivity contribution in [2.75, 3.05) is 5.32 Å². The van der Waals surface area contributed by atoms with Gasteiger partial charge in [-0.2, -0.15) is 5.10 Å². The molecule has 0 bridgehead atoms.